The topological polar surface area (TPSA) is 86.2 Å². The maximum absolute atomic E-state index is 12.5. The molecule has 0 saturated heterocycles. The predicted molar refractivity (Wildman–Crippen MR) is 98.8 cm³/mol. The quantitative estimate of drug-likeness (QED) is 0.672. The second-order valence-electron chi connectivity index (χ2n) is 6.02. The lowest BCUT2D eigenvalue weighted by Gasteiger charge is -2.06. The fraction of sp³-hybridized carbons (Fsp3) is 0.263. The molecule has 3 rings (SSSR count). The van der Waals surface area contributed by atoms with Crippen LogP contribution in [-0.4, -0.2) is 23.1 Å². The van der Waals surface area contributed by atoms with E-state index in [1.165, 1.54) is 0 Å². The molecule has 2 heterocycles. The van der Waals surface area contributed by atoms with Crippen molar-refractivity contribution in [3.63, 3.8) is 0 Å². The minimum atomic E-state index is 0.0957. The average Bonchev–Trinajstić information content (AvgIpc) is 3.02. The molecule has 0 radical (unpaired) electrons. The molecule has 0 fully saturated rings. The first kappa shape index (κ1) is 17.9. The molecule has 136 valence electrons. The van der Waals surface area contributed by atoms with Gasteiger partial charge >= 0.3 is 0 Å². The zero-order valence-corrected chi connectivity index (χ0v) is 14.8. The van der Waals surface area contributed by atoms with Gasteiger partial charge in [-0.2, -0.15) is 4.98 Å². The Kier molecular flexibility index (Phi) is 5.48. The molecule has 0 aliphatic heterocycles. The Morgan fingerprint density at radius 1 is 1.23 bits per heavy atom. The molecule has 0 aliphatic rings. The summed E-state index contributed by atoms with van der Waals surface area (Å²) < 4.78 is 23.8. The number of hydrogen-bond acceptors (Lipinski definition) is 6. The van der Waals surface area contributed by atoms with Gasteiger partial charge in [-0.05, 0) is 43.7 Å². The van der Waals surface area contributed by atoms with Crippen molar-refractivity contribution in [1.29, 1.82) is 0 Å². The van der Waals surface area contributed by atoms with Crippen LogP contribution in [0.3, 0.4) is 0 Å². The highest BCUT2D eigenvalue weighted by Crippen LogP contribution is 2.24. The van der Waals surface area contributed by atoms with Crippen molar-refractivity contribution in [2.45, 2.75) is 20.4 Å². The van der Waals surface area contributed by atoms with Crippen LogP contribution >= 0.6 is 0 Å². The van der Waals surface area contributed by atoms with Gasteiger partial charge in [-0.15, -0.1) is 0 Å². The Morgan fingerprint density at radius 3 is 2.69 bits per heavy atom. The summed E-state index contributed by atoms with van der Waals surface area (Å²) in [5.41, 5.74) is 10.1. The number of nitrogens with zero attached hydrogens (tertiary/aromatic N) is 2. The lowest BCUT2D eigenvalue weighted by atomic mass is 10.2. The summed E-state index contributed by atoms with van der Waals surface area (Å²) in [7, 11) is 0. The first-order valence-electron chi connectivity index (χ1n) is 8.27. The van der Waals surface area contributed by atoms with Crippen LogP contribution in [0.15, 0.2) is 46.7 Å². The molecule has 3 N–H and O–H groups in total. The number of oxazole rings is 1. The Morgan fingerprint density at radius 2 is 2.00 bits per heavy atom. The largest absolute Gasteiger partial charge is 0.489 e. The van der Waals surface area contributed by atoms with Gasteiger partial charge in [0.15, 0.2) is 5.58 Å². The molecule has 7 heteroatoms. The zero-order valence-electron chi connectivity index (χ0n) is 14.8. The fourth-order valence-corrected chi connectivity index (χ4v) is 2.58. The SMILES string of the molecule is Cc1cc(CNc2nc3ccc(OC/C(=C/F)CN)cc3o2)cc(C)n1. The van der Waals surface area contributed by atoms with Crippen molar-refractivity contribution in [3.05, 3.63) is 59.2 Å². The van der Waals surface area contributed by atoms with E-state index in [0.717, 1.165) is 17.0 Å². The number of rotatable bonds is 7. The number of ether oxygens (including phenoxy) is 1. The number of anilines is 1. The average molecular weight is 356 g/mol. The summed E-state index contributed by atoms with van der Waals surface area (Å²) in [5, 5.41) is 3.17. The van der Waals surface area contributed by atoms with Gasteiger partial charge in [0.25, 0.3) is 6.01 Å². The summed E-state index contributed by atoms with van der Waals surface area (Å²) in [6.07, 6.45) is 0.470. The van der Waals surface area contributed by atoms with Crippen LogP contribution in [0.4, 0.5) is 10.4 Å². The number of nitrogens with two attached hydrogens (primary N) is 1. The number of benzene rings is 1. The van der Waals surface area contributed by atoms with Crippen LogP contribution in [0.25, 0.3) is 11.1 Å². The van der Waals surface area contributed by atoms with Gasteiger partial charge in [0.2, 0.25) is 0 Å². The van der Waals surface area contributed by atoms with E-state index in [1.54, 1.807) is 18.2 Å². The molecule has 6 nitrogen and oxygen atoms in total. The van der Waals surface area contributed by atoms with Crippen molar-refractivity contribution >= 4 is 17.1 Å². The molecule has 0 bridgehead atoms. The third kappa shape index (κ3) is 4.37. The Labute approximate surface area is 150 Å². The molecule has 3 aromatic rings. The molecular formula is C19H21FN4O2. The van der Waals surface area contributed by atoms with Crippen LogP contribution in [0, 0.1) is 13.8 Å². The summed E-state index contributed by atoms with van der Waals surface area (Å²) in [6, 6.07) is 9.73. The first-order chi connectivity index (χ1) is 12.6. The van der Waals surface area contributed by atoms with E-state index in [4.69, 9.17) is 14.9 Å². The molecular weight excluding hydrogens is 335 g/mol. The van der Waals surface area contributed by atoms with E-state index in [2.05, 4.69) is 15.3 Å². The van der Waals surface area contributed by atoms with Gasteiger partial charge in [-0.1, -0.05) is 0 Å². The van der Waals surface area contributed by atoms with Crippen LogP contribution in [0.1, 0.15) is 17.0 Å². The summed E-state index contributed by atoms with van der Waals surface area (Å²) in [6.45, 7) is 4.72. The number of aryl methyl sites for hydroxylation is 2. The highest BCUT2D eigenvalue weighted by atomic mass is 19.1. The number of aromatic nitrogens is 2. The maximum atomic E-state index is 12.5. The van der Waals surface area contributed by atoms with Crippen LogP contribution in [-0.2, 0) is 6.54 Å². The number of hydrogen-bond donors (Lipinski definition) is 2. The lowest BCUT2D eigenvalue weighted by molar-refractivity contribution is 0.347. The van der Waals surface area contributed by atoms with Crippen molar-refractivity contribution in [2.24, 2.45) is 5.73 Å². The van der Waals surface area contributed by atoms with Gasteiger partial charge in [0.1, 0.15) is 17.9 Å². The lowest BCUT2D eigenvalue weighted by Crippen LogP contribution is -2.10. The highest BCUT2D eigenvalue weighted by Gasteiger charge is 2.08. The predicted octanol–water partition coefficient (Wildman–Crippen LogP) is 3.64. The molecule has 2 aromatic heterocycles. The molecule has 1 aromatic carbocycles. The second-order valence-corrected chi connectivity index (χ2v) is 6.02. The van der Waals surface area contributed by atoms with Crippen LogP contribution in [0.2, 0.25) is 0 Å². The number of nitrogens with one attached hydrogen (secondary N) is 1. The van der Waals surface area contributed by atoms with E-state index in [-0.39, 0.29) is 13.2 Å². The normalized spacial score (nSPS) is 11.8. The fourth-order valence-electron chi connectivity index (χ4n) is 2.58. The van der Waals surface area contributed by atoms with Crippen molar-refractivity contribution in [1.82, 2.24) is 9.97 Å². The van der Waals surface area contributed by atoms with Gasteiger partial charge in [0, 0.05) is 36.1 Å². The summed E-state index contributed by atoms with van der Waals surface area (Å²) >= 11 is 0. The second kappa shape index (κ2) is 7.97. The summed E-state index contributed by atoms with van der Waals surface area (Å²) in [5.74, 6) is 0.563. The third-order valence-corrected chi connectivity index (χ3v) is 3.79. The van der Waals surface area contributed by atoms with E-state index in [0.29, 0.717) is 41.3 Å². The van der Waals surface area contributed by atoms with Crippen LogP contribution in [0.5, 0.6) is 5.75 Å². The van der Waals surface area contributed by atoms with E-state index >= 15 is 0 Å². The Bertz CT molecular complexity index is 916. The molecule has 0 aliphatic carbocycles. The smallest absolute Gasteiger partial charge is 0.295 e. The van der Waals surface area contributed by atoms with Crippen LogP contribution < -0.4 is 15.8 Å². The third-order valence-electron chi connectivity index (χ3n) is 3.79. The molecule has 0 saturated carbocycles. The van der Waals surface area contributed by atoms with Gasteiger partial charge in [0.05, 0.1) is 6.33 Å². The summed E-state index contributed by atoms with van der Waals surface area (Å²) in [4.78, 5) is 8.76. The molecule has 0 amide bonds. The van der Waals surface area contributed by atoms with E-state index < -0.39 is 0 Å². The van der Waals surface area contributed by atoms with Crippen molar-refractivity contribution < 1.29 is 13.5 Å². The maximum Gasteiger partial charge on any atom is 0.295 e. The zero-order chi connectivity index (χ0) is 18.5. The molecule has 0 spiro atoms. The minimum absolute atomic E-state index is 0.0957. The van der Waals surface area contributed by atoms with Gasteiger partial charge < -0.3 is 20.2 Å². The van der Waals surface area contributed by atoms with E-state index in [9.17, 15) is 4.39 Å². The monoisotopic (exact) mass is 356 g/mol. The first-order valence-corrected chi connectivity index (χ1v) is 8.27. The Hall–Kier alpha value is -2.93. The van der Waals surface area contributed by atoms with Crippen molar-refractivity contribution in [2.75, 3.05) is 18.5 Å². The number of halogens is 1. The number of pyridine rings is 1. The standard InChI is InChI=1S/C19H21FN4O2/c1-12-5-14(6-13(2)23-12)10-22-19-24-17-4-3-16(7-18(17)26-19)25-11-15(8-20)9-21/h3-8H,9-11,21H2,1-2H3,(H,22,24)/b15-8+. The molecule has 0 atom stereocenters. The number of fused-ring (bicyclic) bond motifs is 1. The van der Waals surface area contributed by atoms with Gasteiger partial charge in [-0.25, -0.2) is 4.39 Å². The van der Waals surface area contributed by atoms with Gasteiger partial charge in [-0.3, -0.25) is 4.98 Å². The Balaban J connectivity index is 1.68. The van der Waals surface area contributed by atoms with Crippen molar-refractivity contribution in [3.8, 4) is 5.75 Å². The van der Waals surface area contributed by atoms with E-state index in [1.807, 2.05) is 26.0 Å². The highest BCUT2D eigenvalue weighted by molar-refractivity contribution is 5.76. The molecule has 26 heavy (non-hydrogen) atoms. The molecule has 0 unspecified atom stereocenters. The minimum Gasteiger partial charge on any atom is -0.489 e.